The summed E-state index contributed by atoms with van der Waals surface area (Å²) >= 11 is 6.48. The molecule has 0 spiro atoms. The van der Waals surface area contributed by atoms with E-state index in [9.17, 15) is 4.79 Å². The van der Waals surface area contributed by atoms with Gasteiger partial charge in [-0.1, -0.05) is 41.9 Å². The second-order valence-corrected chi connectivity index (χ2v) is 7.31. The number of nitrogens with zero attached hydrogens (tertiary/aromatic N) is 1. The molecule has 1 fully saturated rings. The Labute approximate surface area is 155 Å². The van der Waals surface area contributed by atoms with Crippen molar-refractivity contribution in [2.45, 2.75) is 18.8 Å². The largest absolute Gasteiger partial charge is 0.378 e. The van der Waals surface area contributed by atoms with Gasteiger partial charge in [-0.25, -0.2) is 0 Å². The van der Waals surface area contributed by atoms with Crippen molar-refractivity contribution in [3.63, 3.8) is 0 Å². The summed E-state index contributed by atoms with van der Waals surface area (Å²) in [6.45, 7) is 1.93. The normalized spacial score (nSPS) is 16.4. The maximum atomic E-state index is 13.4. The van der Waals surface area contributed by atoms with Crippen LogP contribution in [0.15, 0.2) is 48.5 Å². The van der Waals surface area contributed by atoms with Gasteiger partial charge in [0.15, 0.2) is 5.78 Å². The maximum Gasteiger partial charge on any atom is 0.172 e. The molecule has 1 saturated heterocycles. The van der Waals surface area contributed by atoms with E-state index < -0.39 is 0 Å². The summed E-state index contributed by atoms with van der Waals surface area (Å²) in [7, 11) is 3.93. The lowest BCUT2D eigenvalue weighted by molar-refractivity contribution is 0.0916. The van der Waals surface area contributed by atoms with Crippen molar-refractivity contribution in [3.05, 3.63) is 64.7 Å². The molecule has 1 aliphatic rings. The number of carbonyl (C=O) groups is 1. The number of ketones is 1. The second kappa shape index (κ2) is 8.03. The Kier molecular flexibility index (Phi) is 5.77. The lowest BCUT2D eigenvalue weighted by Crippen LogP contribution is -2.33. The molecular weight excluding hydrogens is 332 g/mol. The van der Waals surface area contributed by atoms with Gasteiger partial charge in [0.1, 0.15) is 0 Å². The Morgan fingerprint density at radius 2 is 1.80 bits per heavy atom. The quantitative estimate of drug-likeness (QED) is 0.807. The van der Waals surface area contributed by atoms with Gasteiger partial charge in [-0.2, -0.15) is 0 Å². The lowest BCUT2D eigenvalue weighted by Gasteiger charge is -2.30. The van der Waals surface area contributed by atoms with Gasteiger partial charge in [0.05, 0.1) is 10.9 Å². The van der Waals surface area contributed by atoms with Gasteiger partial charge in [-0.3, -0.25) is 4.79 Å². The zero-order chi connectivity index (χ0) is 17.8. The van der Waals surface area contributed by atoms with Crippen molar-refractivity contribution >= 4 is 23.1 Å². The Balaban J connectivity index is 1.96. The highest BCUT2D eigenvalue weighted by molar-refractivity contribution is 6.34. The van der Waals surface area contributed by atoms with Crippen molar-refractivity contribution in [3.8, 4) is 0 Å². The van der Waals surface area contributed by atoms with Crippen LogP contribution >= 0.6 is 11.6 Å². The van der Waals surface area contributed by atoms with E-state index in [1.54, 1.807) is 0 Å². The van der Waals surface area contributed by atoms with Crippen molar-refractivity contribution in [1.29, 1.82) is 0 Å². The zero-order valence-corrected chi connectivity index (χ0v) is 15.6. The third kappa shape index (κ3) is 4.05. The molecule has 0 aliphatic carbocycles. The molecule has 4 heteroatoms. The average Bonchev–Trinajstić information content (AvgIpc) is 2.63. The van der Waals surface area contributed by atoms with Gasteiger partial charge in [0.2, 0.25) is 0 Å². The number of rotatable bonds is 5. The number of halogens is 1. The minimum Gasteiger partial charge on any atom is -0.378 e. The van der Waals surface area contributed by atoms with Gasteiger partial charge in [-0.05, 0) is 55.6 Å². The van der Waals surface area contributed by atoms with Crippen LogP contribution in [0.2, 0.25) is 5.02 Å². The standard InChI is InChI=1S/C21H25ClN2O/c1-24(2)17-8-9-18(19(22)14-17)21(25)20(15-6-4-3-5-7-15)16-10-12-23-13-11-16/h3-9,14,16,20,23H,10-13H2,1-2H3. The molecule has 25 heavy (non-hydrogen) atoms. The summed E-state index contributed by atoms with van der Waals surface area (Å²) in [5.74, 6) is 0.347. The number of hydrogen-bond donors (Lipinski definition) is 1. The first-order valence-electron chi connectivity index (χ1n) is 8.84. The van der Waals surface area contributed by atoms with Crippen molar-refractivity contribution in [2.24, 2.45) is 5.92 Å². The van der Waals surface area contributed by atoms with Gasteiger partial charge in [0, 0.05) is 25.3 Å². The molecule has 2 aromatic carbocycles. The van der Waals surface area contributed by atoms with E-state index in [4.69, 9.17) is 11.6 Å². The van der Waals surface area contributed by atoms with Gasteiger partial charge in [0.25, 0.3) is 0 Å². The molecule has 0 amide bonds. The monoisotopic (exact) mass is 356 g/mol. The highest BCUT2D eigenvalue weighted by atomic mass is 35.5. The number of piperidine rings is 1. The smallest absolute Gasteiger partial charge is 0.172 e. The molecular formula is C21H25ClN2O. The Morgan fingerprint density at radius 3 is 2.40 bits per heavy atom. The molecule has 3 rings (SSSR count). The predicted molar refractivity (Wildman–Crippen MR) is 105 cm³/mol. The first kappa shape index (κ1) is 18.0. The van der Waals surface area contributed by atoms with Crippen LogP contribution in [-0.2, 0) is 0 Å². The minimum atomic E-state index is -0.133. The molecule has 1 aliphatic heterocycles. The lowest BCUT2D eigenvalue weighted by atomic mass is 9.76. The molecule has 1 heterocycles. The molecule has 1 N–H and O–H groups in total. The predicted octanol–water partition coefficient (Wildman–Crippen LogP) is 4.37. The zero-order valence-electron chi connectivity index (χ0n) is 14.8. The summed E-state index contributed by atoms with van der Waals surface area (Å²) in [5.41, 5.74) is 2.71. The molecule has 1 atom stereocenters. The number of carbonyl (C=O) groups excluding carboxylic acids is 1. The van der Waals surface area contributed by atoms with Crippen LogP contribution in [0.25, 0.3) is 0 Å². The Hall–Kier alpha value is -1.84. The first-order valence-corrected chi connectivity index (χ1v) is 9.22. The van der Waals surface area contributed by atoms with E-state index in [0.717, 1.165) is 37.2 Å². The number of nitrogens with one attached hydrogen (secondary N) is 1. The number of Topliss-reactive ketones (excluding diaryl/α,β-unsaturated/α-hetero) is 1. The highest BCUT2D eigenvalue weighted by Gasteiger charge is 2.32. The van der Waals surface area contributed by atoms with E-state index in [1.807, 2.05) is 55.4 Å². The van der Waals surface area contributed by atoms with Gasteiger partial charge < -0.3 is 10.2 Å². The summed E-state index contributed by atoms with van der Waals surface area (Å²) in [6.07, 6.45) is 2.03. The Bertz CT molecular complexity index is 724. The number of hydrogen-bond acceptors (Lipinski definition) is 3. The van der Waals surface area contributed by atoms with Crippen molar-refractivity contribution < 1.29 is 4.79 Å². The fourth-order valence-corrected chi connectivity index (χ4v) is 3.89. The van der Waals surface area contributed by atoms with Crippen LogP contribution in [0.4, 0.5) is 5.69 Å². The molecule has 3 nitrogen and oxygen atoms in total. The summed E-state index contributed by atoms with van der Waals surface area (Å²) < 4.78 is 0. The van der Waals surface area contributed by atoms with Crippen LogP contribution in [-0.4, -0.2) is 33.0 Å². The highest BCUT2D eigenvalue weighted by Crippen LogP contribution is 2.36. The van der Waals surface area contributed by atoms with Crippen molar-refractivity contribution in [1.82, 2.24) is 5.32 Å². The van der Waals surface area contributed by atoms with E-state index in [2.05, 4.69) is 17.4 Å². The van der Waals surface area contributed by atoms with Crippen molar-refractivity contribution in [2.75, 3.05) is 32.1 Å². The topological polar surface area (TPSA) is 32.3 Å². The van der Waals surface area contributed by atoms with Crippen LogP contribution in [0.5, 0.6) is 0 Å². The van der Waals surface area contributed by atoms with Crippen LogP contribution < -0.4 is 10.2 Å². The van der Waals surface area contributed by atoms with E-state index in [1.165, 1.54) is 0 Å². The minimum absolute atomic E-state index is 0.133. The first-order chi connectivity index (χ1) is 12.1. The van der Waals surface area contributed by atoms with Gasteiger partial charge in [-0.15, -0.1) is 0 Å². The maximum absolute atomic E-state index is 13.4. The fourth-order valence-electron chi connectivity index (χ4n) is 3.63. The molecule has 0 saturated carbocycles. The molecule has 0 radical (unpaired) electrons. The average molecular weight is 357 g/mol. The third-order valence-electron chi connectivity index (χ3n) is 5.03. The molecule has 132 valence electrons. The van der Waals surface area contributed by atoms with E-state index in [-0.39, 0.29) is 11.7 Å². The Morgan fingerprint density at radius 1 is 1.12 bits per heavy atom. The third-order valence-corrected chi connectivity index (χ3v) is 5.34. The molecule has 1 unspecified atom stereocenters. The summed E-state index contributed by atoms with van der Waals surface area (Å²) in [4.78, 5) is 15.4. The molecule has 0 bridgehead atoms. The summed E-state index contributed by atoms with van der Waals surface area (Å²) in [6, 6.07) is 15.8. The SMILES string of the molecule is CN(C)c1ccc(C(=O)C(c2ccccc2)C2CCNCC2)c(Cl)c1. The number of anilines is 1. The molecule has 2 aromatic rings. The number of benzene rings is 2. The second-order valence-electron chi connectivity index (χ2n) is 6.90. The fraction of sp³-hybridized carbons (Fsp3) is 0.381. The molecule has 0 aromatic heterocycles. The van der Waals surface area contributed by atoms with Crippen LogP contribution in [0, 0.1) is 5.92 Å². The van der Waals surface area contributed by atoms with Crippen LogP contribution in [0.3, 0.4) is 0 Å². The van der Waals surface area contributed by atoms with Gasteiger partial charge >= 0.3 is 0 Å². The van der Waals surface area contributed by atoms with E-state index in [0.29, 0.717) is 16.5 Å². The summed E-state index contributed by atoms with van der Waals surface area (Å²) in [5, 5.41) is 3.92. The van der Waals surface area contributed by atoms with Crippen LogP contribution in [0.1, 0.15) is 34.7 Å². The van der Waals surface area contributed by atoms with E-state index >= 15 is 0 Å².